The highest BCUT2D eigenvalue weighted by Crippen LogP contribution is 2.32. The monoisotopic (exact) mass is 344 g/mol. The maximum absolute atomic E-state index is 11.7. The summed E-state index contributed by atoms with van der Waals surface area (Å²) in [4.78, 5) is 18.4. The predicted octanol–water partition coefficient (Wildman–Crippen LogP) is 2.60. The first kappa shape index (κ1) is 19.3. The van der Waals surface area contributed by atoms with E-state index in [1.54, 1.807) is 0 Å². The SMILES string of the molecule is CCCNC(=O)CCNC(=NC)N1CCC(c2ccccc2)C(C)C1. The van der Waals surface area contributed by atoms with Gasteiger partial charge in [-0.15, -0.1) is 0 Å². The molecule has 1 fully saturated rings. The lowest BCUT2D eigenvalue weighted by Gasteiger charge is -2.38. The number of benzene rings is 1. The van der Waals surface area contributed by atoms with Crippen molar-refractivity contribution in [3.8, 4) is 0 Å². The maximum atomic E-state index is 11.7. The summed E-state index contributed by atoms with van der Waals surface area (Å²) in [5.74, 6) is 2.18. The molecule has 1 amide bonds. The van der Waals surface area contributed by atoms with Crippen molar-refractivity contribution in [2.45, 2.75) is 39.0 Å². The average Bonchev–Trinajstić information content (AvgIpc) is 2.64. The number of likely N-dealkylation sites (tertiary alicyclic amines) is 1. The van der Waals surface area contributed by atoms with Crippen LogP contribution in [-0.4, -0.2) is 50.0 Å². The first-order valence-electron chi connectivity index (χ1n) is 9.43. The molecule has 0 saturated carbocycles. The molecule has 138 valence electrons. The van der Waals surface area contributed by atoms with Crippen molar-refractivity contribution in [2.24, 2.45) is 10.9 Å². The van der Waals surface area contributed by atoms with Crippen LogP contribution in [0.3, 0.4) is 0 Å². The zero-order chi connectivity index (χ0) is 18.1. The standard InChI is InChI=1S/C20H32N4O/c1-4-12-22-19(25)10-13-23-20(21-3)24-14-11-18(16(2)15-24)17-8-6-5-7-9-17/h5-9,16,18H,4,10-15H2,1-3H3,(H,21,23)(H,22,25). The van der Waals surface area contributed by atoms with Crippen LogP contribution in [0.2, 0.25) is 0 Å². The van der Waals surface area contributed by atoms with E-state index in [-0.39, 0.29) is 5.91 Å². The molecule has 1 aliphatic heterocycles. The zero-order valence-corrected chi connectivity index (χ0v) is 15.8. The Kier molecular flexibility index (Phi) is 7.76. The summed E-state index contributed by atoms with van der Waals surface area (Å²) in [7, 11) is 1.81. The molecule has 1 aliphatic rings. The van der Waals surface area contributed by atoms with Crippen molar-refractivity contribution in [3.05, 3.63) is 35.9 Å². The van der Waals surface area contributed by atoms with Crippen LogP contribution in [0.4, 0.5) is 0 Å². The molecule has 5 nitrogen and oxygen atoms in total. The van der Waals surface area contributed by atoms with Gasteiger partial charge in [-0.05, 0) is 30.2 Å². The smallest absolute Gasteiger partial charge is 0.221 e. The molecule has 1 aromatic rings. The van der Waals surface area contributed by atoms with Crippen LogP contribution in [0.1, 0.15) is 44.6 Å². The number of guanidine groups is 1. The first-order chi connectivity index (χ1) is 12.2. The molecule has 0 bridgehead atoms. The van der Waals surface area contributed by atoms with E-state index in [9.17, 15) is 4.79 Å². The molecule has 1 saturated heterocycles. The molecule has 25 heavy (non-hydrogen) atoms. The fourth-order valence-electron chi connectivity index (χ4n) is 3.51. The number of nitrogens with zero attached hydrogens (tertiary/aromatic N) is 2. The molecule has 2 unspecified atom stereocenters. The molecule has 0 aliphatic carbocycles. The van der Waals surface area contributed by atoms with Crippen molar-refractivity contribution in [2.75, 3.05) is 33.2 Å². The van der Waals surface area contributed by atoms with Crippen LogP contribution < -0.4 is 10.6 Å². The minimum atomic E-state index is 0.0981. The summed E-state index contributed by atoms with van der Waals surface area (Å²) >= 11 is 0. The highest BCUT2D eigenvalue weighted by molar-refractivity contribution is 5.81. The molecule has 2 rings (SSSR count). The third-order valence-corrected chi connectivity index (χ3v) is 4.85. The highest BCUT2D eigenvalue weighted by Gasteiger charge is 2.28. The summed E-state index contributed by atoms with van der Waals surface area (Å²) < 4.78 is 0. The molecular weight excluding hydrogens is 312 g/mol. The lowest BCUT2D eigenvalue weighted by Crippen LogP contribution is -2.48. The minimum Gasteiger partial charge on any atom is -0.356 e. The highest BCUT2D eigenvalue weighted by atomic mass is 16.1. The van der Waals surface area contributed by atoms with E-state index in [2.05, 4.69) is 64.7 Å². The van der Waals surface area contributed by atoms with Crippen molar-refractivity contribution in [1.82, 2.24) is 15.5 Å². The summed E-state index contributed by atoms with van der Waals surface area (Å²) in [6, 6.07) is 10.8. The van der Waals surface area contributed by atoms with E-state index in [1.807, 2.05) is 7.05 Å². The van der Waals surface area contributed by atoms with Gasteiger partial charge in [0.25, 0.3) is 0 Å². The topological polar surface area (TPSA) is 56.7 Å². The van der Waals surface area contributed by atoms with Crippen LogP contribution in [0.5, 0.6) is 0 Å². The Morgan fingerprint density at radius 2 is 2.00 bits per heavy atom. The number of piperidine rings is 1. The Morgan fingerprint density at radius 3 is 2.64 bits per heavy atom. The second kappa shape index (κ2) is 10.1. The number of carbonyl (C=O) groups excluding carboxylic acids is 1. The van der Waals surface area contributed by atoms with Gasteiger partial charge >= 0.3 is 0 Å². The van der Waals surface area contributed by atoms with Crippen molar-refractivity contribution < 1.29 is 4.79 Å². The number of nitrogens with one attached hydrogen (secondary N) is 2. The van der Waals surface area contributed by atoms with E-state index in [0.717, 1.165) is 38.4 Å². The number of hydrogen-bond acceptors (Lipinski definition) is 2. The summed E-state index contributed by atoms with van der Waals surface area (Å²) in [6.45, 7) is 7.72. The van der Waals surface area contributed by atoms with Crippen molar-refractivity contribution >= 4 is 11.9 Å². The van der Waals surface area contributed by atoms with Gasteiger partial charge < -0.3 is 15.5 Å². The normalized spacial score (nSPS) is 21.1. The largest absolute Gasteiger partial charge is 0.356 e. The number of carbonyl (C=O) groups is 1. The van der Waals surface area contributed by atoms with Crippen LogP contribution >= 0.6 is 0 Å². The van der Waals surface area contributed by atoms with Gasteiger partial charge in [-0.1, -0.05) is 44.2 Å². The molecule has 0 radical (unpaired) electrons. The van der Waals surface area contributed by atoms with Gasteiger partial charge in [0.2, 0.25) is 5.91 Å². The molecule has 2 N–H and O–H groups in total. The molecule has 2 atom stereocenters. The van der Waals surface area contributed by atoms with E-state index in [0.29, 0.717) is 24.8 Å². The number of hydrogen-bond donors (Lipinski definition) is 2. The van der Waals surface area contributed by atoms with Gasteiger partial charge in [-0.3, -0.25) is 9.79 Å². The molecule has 1 heterocycles. The lowest BCUT2D eigenvalue weighted by molar-refractivity contribution is -0.120. The van der Waals surface area contributed by atoms with Crippen molar-refractivity contribution in [3.63, 3.8) is 0 Å². The summed E-state index contributed by atoms with van der Waals surface area (Å²) in [6.07, 6.45) is 2.58. The average molecular weight is 345 g/mol. The molecule has 0 spiro atoms. The maximum Gasteiger partial charge on any atom is 0.221 e. The van der Waals surface area contributed by atoms with Gasteiger partial charge in [-0.25, -0.2) is 0 Å². The Labute approximate surface area is 151 Å². The van der Waals surface area contributed by atoms with Crippen LogP contribution in [0.15, 0.2) is 35.3 Å². The number of rotatable bonds is 6. The van der Waals surface area contributed by atoms with Crippen LogP contribution in [-0.2, 0) is 4.79 Å². The Balaban J connectivity index is 1.82. The fraction of sp³-hybridized carbons (Fsp3) is 0.600. The van der Waals surface area contributed by atoms with Gasteiger partial charge in [0, 0.05) is 39.6 Å². The van der Waals surface area contributed by atoms with E-state index in [1.165, 1.54) is 5.56 Å². The van der Waals surface area contributed by atoms with Gasteiger partial charge in [0.1, 0.15) is 0 Å². The lowest BCUT2D eigenvalue weighted by atomic mass is 9.82. The Hall–Kier alpha value is -2.04. The van der Waals surface area contributed by atoms with Gasteiger partial charge in [-0.2, -0.15) is 0 Å². The predicted molar refractivity (Wildman–Crippen MR) is 104 cm³/mol. The van der Waals surface area contributed by atoms with Crippen LogP contribution in [0.25, 0.3) is 0 Å². The Morgan fingerprint density at radius 1 is 1.24 bits per heavy atom. The molecule has 1 aromatic carbocycles. The van der Waals surface area contributed by atoms with Crippen molar-refractivity contribution in [1.29, 1.82) is 0 Å². The quantitative estimate of drug-likeness (QED) is 0.616. The second-order valence-corrected chi connectivity index (χ2v) is 6.80. The van der Waals surface area contributed by atoms with Gasteiger partial charge in [0.05, 0.1) is 0 Å². The second-order valence-electron chi connectivity index (χ2n) is 6.80. The van der Waals surface area contributed by atoms with E-state index in [4.69, 9.17) is 0 Å². The molecule has 0 aromatic heterocycles. The zero-order valence-electron chi connectivity index (χ0n) is 15.8. The van der Waals surface area contributed by atoms with E-state index < -0.39 is 0 Å². The molecular formula is C20H32N4O. The van der Waals surface area contributed by atoms with Gasteiger partial charge in [0.15, 0.2) is 5.96 Å². The third-order valence-electron chi connectivity index (χ3n) is 4.85. The Bertz CT molecular complexity index is 558. The third kappa shape index (κ3) is 5.76. The van der Waals surface area contributed by atoms with Crippen LogP contribution in [0, 0.1) is 5.92 Å². The fourth-order valence-corrected chi connectivity index (χ4v) is 3.51. The minimum absolute atomic E-state index is 0.0981. The summed E-state index contributed by atoms with van der Waals surface area (Å²) in [5, 5.41) is 6.24. The summed E-state index contributed by atoms with van der Waals surface area (Å²) in [5.41, 5.74) is 1.44. The molecule has 5 heteroatoms. The number of aliphatic imine (C=N–C) groups is 1. The first-order valence-corrected chi connectivity index (χ1v) is 9.43. The van der Waals surface area contributed by atoms with E-state index >= 15 is 0 Å². The number of amides is 1.